The molecule has 0 aliphatic carbocycles. The van der Waals surface area contributed by atoms with Gasteiger partial charge in [-0.3, -0.25) is 10.5 Å². The maximum atomic E-state index is 12.1. The predicted molar refractivity (Wildman–Crippen MR) is 69.3 cm³/mol. The summed E-state index contributed by atoms with van der Waals surface area (Å²) in [7, 11) is -1.97. The third-order valence-electron chi connectivity index (χ3n) is 2.40. The molecule has 1 heterocycles. The van der Waals surface area contributed by atoms with Gasteiger partial charge in [0, 0.05) is 7.05 Å². The van der Waals surface area contributed by atoms with Crippen molar-refractivity contribution in [2.75, 3.05) is 5.43 Å². The fraction of sp³-hybridized carbons (Fsp3) is 0.200. The number of anilines is 1. The Bertz CT molecular complexity index is 666. The summed E-state index contributed by atoms with van der Waals surface area (Å²) in [4.78, 5) is 4.02. The predicted octanol–water partition coefficient (Wildman–Crippen LogP) is -0.421. The monoisotopic (exact) mass is 282 g/mol. The molecule has 0 unspecified atom stereocenters. The third kappa shape index (κ3) is 3.08. The standard InChI is InChI=1S/C10H14N6O2S/c1-16-7-12-10(15-16)6-13-19(17,18)9-5-3-2-4-8(9)14-11/h2-5,7,13-14H,6,11H2,1H3. The van der Waals surface area contributed by atoms with Gasteiger partial charge in [0.05, 0.1) is 12.2 Å². The number of sulfonamides is 1. The van der Waals surface area contributed by atoms with E-state index in [1.165, 1.54) is 17.1 Å². The van der Waals surface area contributed by atoms with Crippen LogP contribution in [0.3, 0.4) is 0 Å². The summed E-state index contributed by atoms with van der Waals surface area (Å²) in [6.07, 6.45) is 1.50. The number of benzene rings is 1. The summed E-state index contributed by atoms with van der Waals surface area (Å²) in [5.74, 6) is 5.68. The molecule has 2 aromatic rings. The van der Waals surface area contributed by atoms with Crippen molar-refractivity contribution in [3.05, 3.63) is 36.4 Å². The van der Waals surface area contributed by atoms with Crippen molar-refractivity contribution in [1.82, 2.24) is 19.5 Å². The maximum Gasteiger partial charge on any atom is 0.243 e. The van der Waals surface area contributed by atoms with Crippen molar-refractivity contribution in [3.63, 3.8) is 0 Å². The van der Waals surface area contributed by atoms with E-state index in [0.717, 1.165) is 0 Å². The van der Waals surface area contributed by atoms with E-state index in [1.54, 1.807) is 25.2 Å². The number of nitrogens with one attached hydrogen (secondary N) is 2. The molecule has 19 heavy (non-hydrogen) atoms. The summed E-state index contributed by atoms with van der Waals surface area (Å²) < 4.78 is 28.2. The molecule has 1 aromatic heterocycles. The van der Waals surface area contributed by atoms with Crippen LogP contribution >= 0.6 is 0 Å². The number of hydrogen-bond acceptors (Lipinski definition) is 6. The molecule has 0 atom stereocenters. The molecule has 1 aromatic carbocycles. The molecule has 0 radical (unpaired) electrons. The summed E-state index contributed by atoms with van der Waals surface area (Å²) in [5, 5.41) is 3.99. The van der Waals surface area contributed by atoms with Crippen LogP contribution in [0.4, 0.5) is 5.69 Å². The molecule has 0 aliphatic rings. The van der Waals surface area contributed by atoms with Crippen LogP contribution in [0.25, 0.3) is 0 Å². The van der Waals surface area contributed by atoms with Gasteiger partial charge in [-0.2, -0.15) is 5.10 Å². The molecular formula is C10H14N6O2S. The van der Waals surface area contributed by atoms with Crippen LogP contribution in [0, 0.1) is 0 Å². The van der Waals surface area contributed by atoms with Gasteiger partial charge in [0.25, 0.3) is 0 Å². The zero-order valence-electron chi connectivity index (χ0n) is 10.2. The van der Waals surface area contributed by atoms with Crippen LogP contribution in [0.2, 0.25) is 0 Å². The molecule has 0 spiro atoms. The van der Waals surface area contributed by atoms with Crippen molar-refractivity contribution in [3.8, 4) is 0 Å². The first-order valence-electron chi connectivity index (χ1n) is 5.43. The topological polar surface area (TPSA) is 115 Å². The minimum Gasteiger partial charge on any atom is -0.323 e. The van der Waals surface area contributed by atoms with Crippen LogP contribution in [0.1, 0.15) is 5.82 Å². The van der Waals surface area contributed by atoms with Gasteiger partial charge >= 0.3 is 0 Å². The average molecular weight is 282 g/mol. The lowest BCUT2D eigenvalue weighted by atomic mass is 10.3. The Morgan fingerprint density at radius 1 is 1.37 bits per heavy atom. The minimum atomic E-state index is -3.67. The van der Waals surface area contributed by atoms with E-state index in [0.29, 0.717) is 11.5 Å². The van der Waals surface area contributed by atoms with E-state index in [-0.39, 0.29) is 11.4 Å². The highest BCUT2D eigenvalue weighted by Crippen LogP contribution is 2.19. The number of aromatic nitrogens is 3. The van der Waals surface area contributed by atoms with Gasteiger partial charge in [-0.25, -0.2) is 18.1 Å². The smallest absolute Gasteiger partial charge is 0.243 e. The van der Waals surface area contributed by atoms with Gasteiger partial charge in [0.15, 0.2) is 5.82 Å². The van der Waals surface area contributed by atoms with Crippen molar-refractivity contribution >= 4 is 15.7 Å². The number of aryl methyl sites for hydroxylation is 1. The van der Waals surface area contributed by atoms with E-state index < -0.39 is 10.0 Å². The van der Waals surface area contributed by atoms with E-state index >= 15 is 0 Å². The molecule has 2 rings (SSSR count). The number of nitrogen functional groups attached to an aromatic ring is 1. The van der Waals surface area contributed by atoms with Crippen molar-refractivity contribution in [1.29, 1.82) is 0 Å². The molecule has 0 aliphatic heterocycles. The minimum absolute atomic E-state index is 0.0160. The molecule has 8 nitrogen and oxygen atoms in total. The van der Waals surface area contributed by atoms with E-state index in [9.17, 15) is 8.42 Å². The first-order chi connectivity index (χ1) is 9.03. The SMILES string of the molecule is Cn1cnc(CNS(=O)(=O)c2ccccc2NN)n1. The normalized spacial score (nSPS) is 11.5. The number of rotatable bonds is 5. The Morgan fingerprint density at radius 2 is 2.11 bits per heavy atom. The van der Waals surface area contributed by atoms with Crippen LogP contribution in [0.15, 0.2) is 35.5 Å². The van der Waals surface area contributed by atoms with E-state index in [1.807, 2.05) is 0 Å². The number of para-hydroxylation sites is 1. The van der Waals surface area contributed by atoms with Gasteiger partial charge in [-0.05, 0) is 12.1 Å². The van der Waals surface area contributed by atoms with Crippen LogP contribution in [0.5, 0.6) is 0 Å². The first-order valence-corrected chi connectivity index (χ1v) is 6.91. The van der Waals surface area contributed by atoms with Crippen LogP contribution in [-0.2, 0) is 23.6 Å². The number of nitrogens with zero attached hydrogens (tertiary/aromatic N) is 3. The van der Waals surface area contributed by atoms with Gasteiger partial charge in [-0.1, -0.05) is 12.1 Å². The maximum absolute atomic E-state index is 12.1. The van der Waals surface area contributed by atoms with Gasteiger partial charge in [0.2, 0.25) is 10.0 Å². The van der Waals surface area contributed by atoms with Crippen molar-refractivity contribution in [2.45, 2.75) is 11.4 Å². The van der Waals surface area contributed by atoms with Crippen LogP contribution < -0.4 is 16.0 Å². The average Bonchev–Trinajstić information content (AvgIpc) is 2.82. The second-order valence-electron chi connectivity index (χ2n) is 3.80. The molecule has 9 heteroatoms. The zero-order chi connectivity index (χ0) is 13.9. The Balaban J connectivity index is 2.18. The Kier molecular flexibility index (Phi) is 3.79. The number of nitrogens with two attached hydrogens (primary N) is 1. The lowest BCUT2D eigenvalue weighted by Gasteiger charge is -2.09. The third-order valence-corrected chi connectivity index (χ3v) is 3.86. The van der Waals surface area contributed by atoms with E-state index in [2.05, 4.69) is 20.2 Å². The Labute approximate surface area is 110 Å². The van der Waals surface area contributed by atoms with Crippen molar-refractivity contribution in [2.24, 2.45) is 12.9 Å². The quantitative estimate of drug-likeness (QED) is 0.507. The Hall–Kier alpha value is -1.97. The van der Waals surface area contributed by atoms with Gasteiger partial charge < -0.3 is 5.43 Å². The lowest BCUT2D eigenvalue weighted by molar-refractivity contribution is 0.579. The van der Waals surface area contributed by atoms with E-state index in [4.69, 9.17) is 5.84 Å². The highest BCUT2D eigenvalue weighted by atomic mass is 32.2. The number of hydrazine groups is 1. The van der Waals surface area contributed by atoms with Crippen LogP contribution in [-0.4, -0.2) is 23.2 Å². The second-order valence-corrected chi connectivity index (χ2v) is 5.53. The molecule has 0 bridgehead atoms. The highest BCUT2D eigenvalue weighted by molar-refractivity contribution is 7.89. The first kappa shape index (κ1) is 13.5. The summed E-state index contributed by atoms with van der Waals surface area (Å²) >= 11 is 0. The summed E-state index contributed by atoms with van der Waals surface area (Å²) in [6, 6.07) is 6.35. The molecular weight excluding hydrogens is 268 g/mol. The Morgan fingerprint density at radius 3 is 2.74 bits per heavy atom. The molecule has 4 N–H and O–H groups in total. The van der Waals surface area contributed by atoms with Crippen molar-refractivity contribution < 1.29 is 8.42 Å². The molecule has 102 valence electrons. The number of hydrogen-bond donors (Lipinski definition) is 3. The zero-order valence-corrected chi connectivity index (χ0v) is 11.1. The largest absolute Gasteiger partial charge is 0.323 e. The van der Waals surface area contributed by atoms with Gasteiger partial charge in [0.1, 0.15) is 11.2 Å². The molecule has 0 fully saturated rings. The second kappa shape index (κ2) is 5.34. The lowest BCUT2D eigenvalue weighted by Crippen LogP contribution is -2.25. The van der Waals surface area contributed by atoms with Gasteiger partial charge in [-0.15, -0.1) is 0 Å². The molecule has 0 saturated heterocycles. The fourth-order valence-electron chi connectivity index (χ4n) is 1.52. The molecule has 0 saturated carbocycles. The summed E-state index contributed by atoms with van der Waals surface area (Å²) in [5.41, 5.74) is 2.67. The molecule has 0 amide bonds. The fourth-order valence-corrected chi connectivity index (χ4v) is 2.67. The highest BCUT2D eigenvalue weighted by Gasteiger charge is 2.18. The summed E-state index contributed by atoms with van der Waals surface area (Å²) in [6.45, 7) is 0.0160.